The van der Waals surface area contributed by atoms with Crippen molar-refractivity contribution in [2.45, 2.75) is 38.2 Å². The van der Waals surface area contributed by atoms with Gasteiger partial charge in [-0.05, 0) is 65.4 Å². The predicted octanol–water partition coefficient (Wildman–Crippen LogP) is 4.43. The molecule has 0 amide bonds. The Morgan fingerprint density at radius 1 is 0.971 bits per heavy atom. The highest BCUT2D eigenvalue weighted by Crippen LogP contribution is 2.43. The van der Waals surface area contributed by atoms with Gasteiger partial charge in [0.15, 0.2) is 0 Å². The van der Waals surface area contributed by atoms with Crippen molar-refractivity contribution in [2.24, 2.45) is 5.73 Å². The number of rotatable bonds is 9. The normalized spacial score (nSPS) is 16.3. The van der Waals surface area contributed by atoms with Crippen LogP contribution in [0.3, 0.4) is 0 Å². The summed E-state index contributed by atoms with van der Waals surface area (Å²) >= 11 is 0. The lowest BCUT2D eigenvalue weighted by molar-refractivity contribution is -0.129. The van der Waals surface area contributed by atoms with Crippen molar-refractivity contribution in [1.82, 2.24) is 0 Å². The number of carbonyl (C=O) groups is 1. The lowest BCUT2D eigenvalue weighted by Crippen LogP contribution is -2.44. The fourth-order valence-corrected chi connectivity index (χ4v) is 4.54. The number of hydrogen-bond acceptors (Lipinski definition) is 6. The van der Waals surface area contributed by atoms with Crippen molar-refractivity contribution >= 4 is 12.2 Å². The second-order valence-corrected chi connectivity index (χ2v) is 9.05. The zero-order chi connectivity index (χ0) is 23.4. The zero-order valence-electron chi connectivity index (χ0n) is 19.2. The molecule has 6 heteroatoms. The molecule has 2 N–H and O–H groups in total. The summed E-state index contributed by atoms with van der Waals surface area (Å²) in [7, 11) is 0. The maximum Gasteiger partial charge on any atom is 0.293 e. The molecule has 176 valence electrons. The topological polar surface area (TPSA) is 74.0 Å². The number of anilines is 1. The van der Waals surface area contributed by atoms with Crippen LogP contribution in [0.1, 0.15) is 29.5 Å². The Morgan fingerprint density at radius 2 is 1.82 bits per heavy atom. The summed E-state index contributed by atoms with van der Waals surface area (Å²) in [5.41, 5.74) is 12.4. The molecule has 1 saturated carbocycles. The van der Waals surface area contributed by atoms with Gasteiger partial charge in [-0.1, -0.05) is 36.4 Å². The predicted molar refractivity (Wildman–Crippen MR) is 132 cm³/mol. The molecule has 2 aliphatic rings. The van der Waals surface area contributed by atoms with Crippen LogP contribution in [0.2, 0.25) is 0 Å². The van der Waals surface area contributed by atoms with Gasteiger partial charge in [0, 0.05) is 30.9 Å². The third kappa shape index (κ3) is 5.08. The Kier molecular flexibility index (Phi) is 6.52. The van der Waals surface area contributed by atoms with Crippen LogP contribution < -0.4 is 15.4 Å². The van der Waals surface area contributed by atoms with Gasteiger partial charge in [0.05, 0.1) is 12.2 Å². The van der Waals surface area contributed by atoms with Crippen LogP contribution in [0.25, 0.3) is 11.1 Å². The smallest absolute Gasteiger partial charge is 0.293 e. The van der Waals surface area contributed by atoms with E-state index in [2.05, 4.69) is 47.4 Å². The van der Waals surface area contributed by atoms with Gasteiger partial charge in [-0.25, -0.2) is 0 Å². The van der Waals surface area contributed by atoms with Gasteiger partial charge in [-0.3, -0.25) is 4.79 Å². The quantitative estimate of drug-likeness (QED) is 0.478. The highest BCUT2D eigenvalue weighted by Gasteiger charge is 2.47. The van der Waals surface area contributed by atoms with Crippen molar-refractivity contribution in [3.63, 3.8) is 0 Å². The van der Waals surface area contributed by atoms with Gasteiger partial charge in [-0.15, -0.1) is 0 Å². The Bertz CT molecular complexity index is 1160. The number of para-hydroxylation sites is 1. The monoisotopic (exact) mass is 458 g/mol. The van der Waals surface area contributed by atoms with Gasteiger partial charge < -0.3 is 24.8 Å². The molecule has 1 saturated heterocycles. The van der Waals surface area contributed by atoms with E-state index in [1.54, 1.807) is 0 Å². The van der Waals surface area contributed by atoms with Crippen LogP contribution in [-0.4, -0.2) is 31.8 Å². The third-order valence-corrected chi connectivity index (χ3v) is 6.57. The largest absolute Gasteiger partial charge is 0.488 e. The first-order chi connectivity index (χ1) is 16.7. The number of ether oxygens (including phenoxy) is 3. The summed E-state index contributed by atoms with van der Waals surface area (Å²) in [5.74, 6) is 0.713. The number of nitrogens with two attached hydrogens (primary N) is 1. The molecule has 6 nitrogen and oxygen atoms in total. The van der Waals surface area contributed by atoms with E-state index < -0.39 is 0 Å². The van der Waals surface area contributed by atoms with Crippen LogP contribution in [-0.2, 0) is 34.0 Å². The lowest BCUT2D eigenvalue weighted by atomic mass is 9.99. The molecule has 1 aliphatic heterocycles. The number of hydrogen-bond donors (Lipinski definition) is 1. The Balaban J connectivity index is 1.44. The molecule has 0 atom stereocenters. The lowest BCUT2D eigenvalue weighted by Gasteiger charge is -2.35. The summed E-state index contributed by atoms with van der Waals surface area (Å²) in [5, 5.41) is 0. The molecule has 3 aromatic rings. The minimum atomic E-state index is 0.0436. The van der Waals surface area contributed by atoms with Gasteiger partial charge >= 0.3 is 0 Å². The van der Waals surface area contributed by atoms with E-state index in [0.717, 1.165) is 60.4 Å². The SMILES string of the molecule is NCc1cccc(-c2cc(COc3ccccc3COC=O)cc(N3CCOC4(CC4)C3)c2)c1. The highest BCUT2D eigenvalue weighted by atomic mass is 16.5. The first-order valence-electron chi connectivity index (χ1n) is 11.8. The van der Waals surface area contributed by atoms with E-state index in [9.17, 15) is 4.79 Å². The third-order valence-electron chi connectivity index (χ3n) is 6.57. The molecule has 0 bridgehead atoms. The van der Waals surface area contributed by atoms with Gasteiger partial charge in [0.25, 0.3) is 6.47 Å². The second-order valence-electron chi connectivity index (χ2n) is 9.05. The van der Waals surface area contributed by atoms with Crippen LogP contribution in [0.4, 0.5) is 5.69 Å². The maximum atomic E-state index is 10.6. The van der Waals surface area contributed by atoms with E-state index >= 15 is 0 Å². The van der Waals surface area contributed by atoms with Crippen LogP contribution >= 0.6 is 0 Å². The van der Waals surface area contributed by atoms with Crippen molar-refractivity contribution in [3.8, 4) is 16.9 Å². The maximum absolute atomic E-state index is 10.6. The molecular formula is C28H30N2O4. The number of carbonyl (C=O) groups excluding carboxylic acids is 1. The molecule has 0 radical (unpaired) electrons. The molecule has 1 spiro atoms. The summed E-state index contributed by atoms with van der Waals surface area (Å²) in [6, 6.07) is 22.7. The summed E-state index contributed by atoms with van der Waals surface area (Å²) < 4.78 is 17.2. The first-order valence-corrected chi connectivity index (χ1v) is 11.8. The van der Waals surface area contributed by atoms with E-state index in [-0.39, 0.29) is 12.2 Å². The van der Waals surface area contributed by atoms with Crippen molar-refractivity contribution in [3.05, 3.63) is 83.4 Å². The minimum absolute atomic E-state index is 0.0436. The van der Waals surface area contributed by atoms with Crippen molar-refractivity contribution < 1.29 is 19.0 Å². The standard InChI is InChI=1S/C28H30N2O4/c29-16-21-4-3-6-23(12-21)25-13-22(17-33-27-7-2-1-5-24(27)18-32-20-31)14-26(15-25)30-10-11-34-28(19-30)8-9-28/h1-7,12-15,20H,8-11,16-19,29H2. The first kappa shape index (κ1) is 22.4. The average Bonchev–Trinajstić information content (AvgIpc) is 3.64. The average molecular weight is 459 g/mol. The summed E-state index contributed by atoms with van der Waals surface area (Å²) in [6.45, 7) is 4.11. The minimum Gasteiger partial charge on any atom is -0.488 e. The molecule has 5 rings (SSSR count). The van der Waals surface area contributed by atoms with E-state index in [1.165, 1.54) is 5.69 Å². The molecule has 3 aromatic carbocycles. The van der Waals surface area contributed by atoms with Crippen LogP contribution in [0, 0.1) is 0 Å². The molecular weight excluding hydrogens is 428 g/mol. The fourth-order valence-electron chi connectivity index (χ4n) is 4.54. The van der Waals surface area contributed by atoms with E-state index in [4.69, 9.17) is 19.9 Å². The van der Waals surface area contributed by atoms with Gasteiger partial charge in [0.1, 0.15) is 19.0 Å². The summed E-state index contributed by atoms with van der Waals surface area (Å²) in [6.07, 6.45) is 2.27. The molecule has 1 heterocycles. The zero-order valence-corrected chi connectivity index (χ0v) is 19.2. The summed E-state index contributed by atoms with van der Waals surface area (Å²) in [4.78, 5) is 13.1. The Labute approximate surface area is 200 Å². The van der Waals surface area contributed by atoms with E-state index in [1.807, 2.05) is 24.3 Å². The van der Waals surface area contributed by atoms with Gasteiger partial charge in [0.2, 0.25) is 0 Å². The number of benzene rings is 3. The van der Waals surface area contributed by atoms with Gasteiger partial charge in [-0.2, -0.15) is 0 Å². The Hall–Kier alpha value is -3.35. The van der Waals surface area contributed by atoms with Crippen molar-refractivity contribution in [2.75, 3.05) is 24.6 Å². The molecule has 1 aliphatic carbocycles. The van der Waals surface area contributed by atoms with Crippen molar-refractivity contribution in [1.29, 1.82) is 0 Å². The second kappa shape index (κ2) is 9.87. The molecule has 34 heavy (non-hydrogen) atoms. The Morgan fingerprint density at radius 3 is 2.65 bits per heavy atom. The highest BCUT2D eigenvalue weighted by molar-refractivity contribution is 5.70. The van der Waals surface area contributed by atoms with Crippen LogP contribution in [0.5, 0.6) is 5.75 Å². The molecule has 0 unspecified atom stereocenters. The fraction of sp³-hybridized carbons (Fsp3) is 0.321. The molecule has 2 fully saturated rings. The number of nitrogens with zero attached hydrogens (tertiary/aromatic N) is 1. The van der Waals surface area contributed by atoms with E-state index in [0.29, 0.717) is 25.4 Å². The molecule has 0 aromatic heterocycles. The van der Waals surface area contributed by atoms with Crippen LogP contribution in [0.15, 0.2) is 66.7 Å². The number of morpholine rings is 1.